The van der Waals surface area contributed by atoms with Gasteiger partial charge in [-0.05, 0) is 12.5 Å². The second-order valence-corrected chi connectivity index (χ2v) is 4.97. The monoisotopic (exact) mass is 255 g/mol. The van der Waals surface area contributed by atoms with Gasteiger partial charge in [0, 0.05) is 10.3 Å². The van der Waals surface area contributed by atoms with E-state index in [1.165, 1.54) is 0 Å². The van der Waals surface area contributed by atoms with E-state index in [1.54, 1.807) is 6.92 Å². The van der Waals surface area contributed by atoms with Gasteiger partial charge >= 0.3 is 0 Å². The van der Waals surface area contributed by atoms with E-state index in [1.807, 2.05) is 30.3 Å². The standard InChI is InChI=1S/C12H14ClNO3/c1-8(13)10-7-17-12(11(10)14(15)16)9-5-3-2-4-6-9/h2-6,8,10-12H,7H2,1H3/t8-,10-,11+,12-/m1/s1. The highest BCUT2D eigenvalue weighted by Gasteiger charge is 2.48. The van der Waals surface area contributed by atoms with Crippen LogP contribution in [0.25, 0.3) is 0 Å². The predicted molar refractivity (Wildman–Crippen MR) is 64.7 cm³/mol. The van der Waals surface area contributed by atoms with Gasteiger partial charge < -0.3 is 4.74 Å². The van der Waals surface area contributed by atoms with Crippen LogP contribution in [0.15, 0.2) is 30.3 Å². The Morgan fingerprint density at radius 2 is 2.12 bits per heavy atom. The number of hydrogen-bond donors (Lipinski definition) is 0. The van der Waals surface area contributed by atoms with Crippen LogP contribution in [0.2, 0.25) is 0 Å². The molecule has 0 aromatic heterocycles. The molecule has 1 aromatic rings. The number of alkyl halides is 1. The molecule has 0 spiro atoms. The molecule has 0 aliphatic carbocycles. The van der Waals surface area contributed by atoms with Crippen LogP contribution in [-0.2, 0) is 4.74 Å². The summed E-state index contributed by atoms with van der Waals surface area (Å²) in [6.45, 7) is 2.12. The Morgan fingerprint density at radius 1 is 1.47 bits per heavy atom. The lowest BCUT2D eigenvalue weighted by molar-refractivity contribution is -0.535. The summed E-state index contributed by atoms with van der Waals surface area (Å²) in [7, 11) is 0. The Kier molecular flexibility index (Phi) is 3.64. The van der Waals surface area contributed by atoms with Crippen LogP contribution in [0.5, 0.6) is 0 Å². The third-order valence-corrected chi connectivity index (χ3v) is 3.50. The zero-order chi connectivity index (χ0) is 12.4. The van der Waals surface area contributed by atoms with E-state index in [0.29, 0.717) is 6.61 Å². The van der Waals surface area contributed by atoms with Crippen molar-refractivity contribution in [3.63, 3.8) is 0 Å². The van der Waals surface area contributed by atoms with Crippen LogP contribution in [0.1, 0.15) is 18.6 Å². The molecule has 1 aliphatic heterocycles. The number of benzene rings is 1. The normalized spacial score (nSPS) is 30.1. The van der Waals surface area contributed by atoms with Gasteiger partial charge in [0.05, 0.1) is 12.5 Å². The summed E-state index contributed by atoms with van der Waals surface area (Å²) in [4.78, 5) is 10.9. The van der Waals surface area contributed by atoms with Crippen molar-refractivity contribution in [2.45, 2.75) is 24.4 Å². The molecule has 1 saturated heterocycles. The van der Waals surface area contributed by atoms with Gasteiger partial charge in [-0.1, -0.05) is 30.3 Å². The minimum Gasteiger partial charge on any atom is -0.366 e. The van der Waals surface area contributed by atoms with Crippen molar-refractivity contribution in [3.8, 4) is 0 Å². The molecule has 1 heterocycles. The average Bonchev–Trinajstić information content (AvgIpc) is 2.74. The Bertz CT molecular complexity index is 396. The zero-order valence-electron chi connectivity index (χ0n) is 9.45. The second kappa shape index (κ2) is 5.02. The number of nitro groups is 1. The summed E-state index contributed by atoms with van der Waals surface area (Å²) in [6.07, 6.45) is -0.489. The molecule has 1 aromatic carbocycles. The van der Waals surface area contributed by atoms with Crippen molar-refractivity contribution in [3.05, 3.63) is 46.0 Å². The molecule has 4 atom stereocenters. The Labute approximate surface area is 105 Å². The third-order valence-electron chi connectivity index (χ3n) is 3.18. The van der Waals surface area contributed by atoms with Gasteiger partial charge in [-0.2, -0.15) is 0 Å². The first kappa shape index (κ1) is 12.3. The van der Waals surface area contributed by atoms with Crippen molar-refractivity contribution in [1.29, 1.82) is 0 Å². The largest absolute Gasteiger partial charge is 0.366 e. The fraction of sp³-hybridized carbons (Fsp3) is 0.500. The number of nitrogens with zero attached hydrogens (tertiary/aromatic N) is 1. The van der Waals surface area contributed by atoms with Crippen molar-refractivity contribution in [2.24, 2.45) is 5.92 Å². The molecule has 4 nitrogen and oxygen atoms in total. The maximum absolute atomic E-state index is 11.2. The number of hydrogen-bond acceptors (Lipinski definition) is 3. The molecule has 17 heavy (non-hydrogen) atoms. The molecule has 92 valence electrons. The van der Waals surface area contributed by atoms with Crippen LogP contribution in [0, 0.1) is 16.0 Å². The topological polar surface area (TPSA) is 52.4 Å². The molecule has 0 N–H and O–H groups in total. The molecule has 0 amide bonds. The fourth-order valence-corrected chi connectivity index (χ4v) is 2.47. The molecule has 0 radical (unpaired) electrons. The second-order valence-electron chi connectivity index (χ2n) is 4.28. The third kappa shape index (κ3) is 2.42. The lowest BCUT2D eigenvalue weighted by Gasteiger charge is -2.17. The van der Waals surface area contributed by atoms with Crippen LogP contribution < -0.4 is 0 Å². The Morgan fingerprint density at radius 3 is 2.65 bits per heavy atom. The first-order chi connectivity index (χ1) is 8.11. The predicted octanol–water partition coefficient (Wildman–Crippen LogP) is 2.65. The minimum absolute atomic E-state index is 0.239. The summed E-state index contributed by atoms with van der Waals surface area (Å²) in [5.74, 6) is -0.239. The molecular weight excluding hydrogens is 242 g/mol. The van der Waals surface area contributed by atoms with Gasteiger partial charge in [-0.15, -0.1) is 11.6 Å². The van der Waals surface area contributed by atoms with E-state index in [2.05, 4.69) is 0 Å². The van der Waals surface area contributed by atoms with E-state index in [0.717, 1.165) is 5.56 Å². The number of rotatable bonds is 3. The highest BCUT2D eigenvalue weighted by Crippen LogP contribution is 2.37. The Hall–Kier alpha value is -1.13. The lowest BCUT2D eigenvalue weighted by Crippen LogP contribution is -2.34. The molecule has 0 unspecified atom stereocenters. The molecular formula is C12H14ClNO3. The Balaban J connectivity index is 2.27. The van der Waals surface area contributed by atoms with Crippen molar-refractivity contribution >= 4 is 11.6 Å². The van der Waals surface area contributed by atoms with Gasteiger partial charge in [0.15, 0.2) is 6.10 Å². The van der Waals surface area contributed by atoms with E-state index < -0.39 is 12.1 Å². The summed E-state index contributed by atoms with van der Waals surface area (Å²) < 4.78 is 5.56. The lowest BCUT2D eigenvalue weighted by atomic mass is 9.93. The molecule has 1 fully saturated rings. The van der Waals surface area contributed by atoms with Gasteiger partial charge in [0.25, 0.3) is 0 Å². The zero-order valence-corrected chi connectivity index (χ0v) is 10.2. The quantitative estimate of drug-likeness (QED) is 0.474. The van der Waals surface area contributed by atoms with E-state index in [4.69, 9.17) is 16.3 Å². The smallest absolute Gasteiger partial charge is 0.249 e. The van der Waals surface area contributed by atoms with Crippen LogP contribution >= 0.6 is 11.6 Å². The van der Waals surface area contributed by atoms with Gasteiger partial charge in [-0.3, -0.25) is 10.1 Å². The van der Waals surface area contributed by atoms with E-state index in [9.17, 15) is 10.1 Å². The first-order valence-corrected chi connectivity index (χ1v) is 5.99. The van der Waals surface area contributed by atoms with Crippen molar-refractivity contribution < 1.29 is 9.66 Å². The van der Waals surface area contributed by atoms with Gasteiger partial charge in [-0.25, -0.2) is 0 Å². The number of ether oxygens (including phenoxy) is 1. The fourth-order valence-electron chi connectivity index (χ4n) is 2.24. The van der Waals surface area contributed by atoms with Crippen molar-refractivity contribution in [1.82, 2.24) is 0 Å². The summed E-state index contributed by atoms with van der Waals surface area (Å²) in [5.41, 5.74) is 0.842. The van der Waals surface area contributed by atoms with Crippen molar-refractivity contribution in [2.75, 3.05) is 6.61 Å². The van der Waals surface area contributed by atoms with Crippen LogP contribution in [0.4, 0.5) is 0 Å². The summed E-state index contributed by atoms with van der Waals surface area (Å²) >= 11 is 5.99. The van der Waals surface area contributed by atoms with Gasteiger partial charge in [0.1, 0.15) is 0 Å². The van der Waals surface area contributed by atoms with Crippen LogP contribution in [0.3, 0.4) is 0 Å². The maximum atomic E-state index is 11.2. The SMILES string of the molecule is C[C@@H](Cl)[C@H]1CO[C@H](c2ccccc2)[C@H]1[N+](=O)[O-]. The van der Waals surface area contributed by atoms with Gasteiger partial charge in [0.2, 0.25) is 6.04 Å². The molecule has 0 saturated carbocycles. The van der Waals surface area contributed by atoms with E-state index in [-0.39, 0.29) is 16.2 Å². The first-order valence-electron chi connectivity index (χ1n) is 5.55. The maximum Gasteiger partial charge on any atom is 0.249 e. The minimum atomic E-state index is -0.759. The molecule has 2 rings (SSSR count). The summed E-state index contributed by atoms with van der Waals surface area (Å²) in [6, 6.07) is 8.52. The highest BCUT2D eigenvalue weighted by molar-refractivity contribution is 6.20. The summed E-state index contributed by atoms with van der Waals surface area (Å²) in [5, 5.41) is 10.9. The molecule has 0 bridgehead atoms. The van der Waals surface area contributed by atoms with E-state index >= 15 is 0 Å². The molecule has 5 heteroatoms. The molecule has 1 aliphatic rings. The van der Waals surface area contributed by atoms with Crippen LogP contribution in [-0.4, -0.2) is 22.9 Å². The average molecular weight is 256 g/mol. The highest BCUT2D eigenvalue weighted by atomic mass is 35.5. The number of halogens is 1.